The standard InChI is InChI=1S/C22H28N4O10S2/c1-12(27)26(24-8-7-23-21(24)38(6,32)33)16-17(29)25-15(14(9-34-13(2)28)10-37-18(16)25)19(30)35-11-36-20(31)22(3,4)5/h7-8,16,18H,9-11H2,1-6H3. The van der Waals surface area contributed by atoms with Crippen molar-refractivity contribution in [1.82, 2.24) is 14.6 Å². The summed E-state index contributed by atoms with van der Waals surface area (Å²) in [6.07, 6.45) is 3.33. The first-order valence-corrected chi connectivity index (χ1v) is 14.2. The molecule has 1 saturated heterocycles. The average Bonchev–Trinajstić information content (AvgIpc) is 3.29. The summed E-state index contributed by atoms with van der Waals surface area (Å²) in [5.41, 5.74) is -0.775. The lowest BCUT2D eigenvalue weighted by molar-refractivity contribution is -0.173. The summed E-state index contributed by atoms with van der Waals surface area (Å²) in [6.45, 7) is 6.19. The Bertz CT molecular complexity index is 1310. The second-order valence-corrected chi connectivity index (χ2v) is 12.5. The van der Waals surface area contributed by atoms with Crippen LogP contribution in [0.1, 0.15) is 34.6 Å². The van der Waals surface area contributed by atoms with Crippen molar-refractivity contribution in [2.24, 2.45) is 5.41 Å². The minimum atomic E-state index is -3.86. The Hall–Kier alpha value is -3.40. The zero-order valence-corrected chi connectivity index (χ0v) is 23.3. The Labute approximate surface area is 223 Å². The van der Waals surface area contributed by atoms with E-state index < -0.39 is 68.3 Å². The largest absolute Gasteiger partial charge is 0.461 e. The molecule has 0 bridgehead atoms. The van der Waals surface area contributed by atoms with Gasteiger partial charge in [-0.1, -0.05) is 0 Å². The number of ether oxygens (including phenoxy) is 3. The van der Waals surface area contributed by atoms with Crippen LogP contribution >= 0.6 is 11.8 Å². The normalized spacial score (nSPS) is 19.3. The van der Waals surface area contributed by atoms with Gasteiger partial charge in [0.05, 0.1) is 5.41 Å². The van der Waals surface area contributed by atoms with E-state index in [-0.39, 0.29) is 23.6 Å². The van der Waals surface area contributed by atoms with E-state index in [1.807, 2.05) is 0 Å². The number of sulfone groups is 1. The molecule has 2 aliphatic heterocycles. The highest BCUT2D eigenvalue weighted by Crippen LogP contribution is 2.42. The van der Waals surface area contributed by atoms with Crippen LogP contribution in [-0.2, 0) is 48.0 Å². The summed E-state index contributed by atoms with van der Waals surface area (Å²) in [4.78, 5) is 67.3. The van der Waals surface area contributed by atoms with Crippen LogP contribution in [-0.4, -0.2) is 89.5 Å². The van der Waals surface area contributed by atoms with Gasteiger partial charge in [0.15, 0.2) is 6.04 Å². The summed E-state index contributed by atoms with van der Waals surface area (Å²) < 4.78 is 40.5. The van der Waals surface area contributed by atoms with Gasteiger partial charge in [0.1, 0.15) is 17.7 Å². The van der Waals surface area contributed by atoms with Gasteiger partial charge in [0.25, 0.3) is 5.91 Å². The van der Waals surface area contributed by atoms with Gasteiger partial charge in [-0.05, 0) is 20.8 Å². The molecule has 1 aromatic rings. The molecule has 38 heavy (non-hydrogen) atoms. The first kappa shape index (κ1) is 29.2. The molecule has 2 aliphatic rings. The number of fused-ring (bicyclic) bond motifs is 1. The second kappa shape index (κ2) is 10.8. The van der Waals surface area contributed by atoms with Crippen LogP contribution in [0.15, 0.2) is 28.8 Å². The van der Waals surface area contributed by atoms with E-state index in [1.165, 1.54) is 31.1 Å². The van der Waals surface area contributed by atoms with Gasteiger partial charge in [0, 0.05) is 43.8 Å². The van der Waals surface area contributed by atoms with Gasteiger partial charge in [-0.3, -0.25) is 24.1 Å². The fraction of sp³-hybridized carbons (Fsp3) is 0.545. The summed E-state index contributed by atoms with van der Waals surface area (Å²) in [6, 6.07) is -1.18. The number of hydrogen-bond donors (Lipinski definition) is 0. The highest BCUT2D eigenvalue weighted by Gasteiger charge is 2.58. The molecule has 2 atom stereocenters. The monoisotopic (exact) mass is 572 g/mol. The third-order valence-corrected chi connectivity index (χ3v) is 7.67. The van der Waals surface area contributed by atoms with E-state index in [9.17, 15) is 32.4 Å². The van der Waals surface area contributed by atoms with Gasteiger partial charge in [-0.25, -0.2) is 27.9 Å². The van der Waals surface area contributed by atoms with Crippen molar-refractivity contribution in [2.75, 3.05) is 30.4 Å². The average molecular weight is 573 g/mol. The Morgan fingerprint density at radius 1 is 1.16 bits per heavy atom. The van der Waals surface area contributed by atoms with Gasteiger partial charge < -0.3 is 14.2 Å². The van der Waals surface area contributed by atoms with Crippen LogP contribution in [0.5, 0.6) is 0 Å². The second-order valence-electron chi connectivity index (χ2n) is 9.51. The molecule has 2 amide bonds. The molecule has 1 aromatic heterocycles. The minimum absolute atomic E-state index is 0.124. The van der Waals surface area contributed by atoms with Gasteiger partial charge in [0.2, 0.25) is 27.7 Å². The Balaban J connectivity index is 1.91. The molecule has 3 heterocycles. The zero-order chi connectivity index (χ0) is 28.6. The van der Waals surface area contributed by atoms with Crippen molar-refractivity contribution >= 4 is 51.3 Å². The quantitative estimate of drug-likeness (QED) is 0.232. The lowest BCUT2D eigenvalue weighted by Crippen LogP contribution is -2.73. The Kier molecular flexibility index (Phi) is 8.26. The maximum Gasteiger partial charge on any atom is 0.358 e. The molecule has 0 aliphatic carbocycles. The summed E-state index contributed by atoms with van der Waals surface area (Å²) in [5.74, 6) is -3.45. The van der Waals surface area contributed by atoms with Crippen molar-refractivity contribution in [3.05, 3.63) is 23.7 Å². The number of carbonyl (C=O) groups excluding carboxylic acids is 5. The third kappa shape index (κ3) is 5.85. The Morgan fingerprint density at radius 3 is 2.37 bits per heavy atom. The van der Waals surface area contributed by atoms with Gasteiger partial charge in [-0.15, -0.1) is 11.8 Å². The molecule has 14 nitrogen and oxygen atoms in total. The summed E-state index contributed by atoms with van der Waals surface area (Å²) in [5, 5.41) is -0.279. The fourth-order valence-electron chi connectivity index (χ4n) is 3.66. The molecular weight excluding hydrogens is 544 g/mol. The topological polar surface area (TPSA) is 171 Å². The van der Waals surface area contributed by atoms with Crippen LogP contribution in [0.4, 0.5) is 0 Å². The first-order valence-electron chi connectivity index (χ1n) is 11.2. The molecule has 208 valence electrons. The number of esters is 3. The van der Waals surface area contributed by atoms with Crippen molar-refractivity contribution in [3.8, 4) is 0 Å². The maximum atomic E-state index is 13.4. The van der Waals surface area contributed by atoms with Crippen LogP contribution in [0.2, 0.25) is 0 Å². The van der Waals surface area contributed by atoms with Crippen molar-refractivity contribution in [3.63, 3.8) is 0 Å². The van der Waals surface area contributed by atoms with E-state index in [0.29, 0.717) is 0 Å². The van der Waals surface area contributed by atoms with Gasteiger partial charge >= 0.3 is 17.9 Å². The zero-order valence-electron chi connectivity index (χ0n) is 21.6. The fourth-order valence-corrected chi connectivity index (χ4v) is 5.76. The lowest BCUT2D eigenvalue weighted by atomic mass is 9.98. The molecular formula is C22H28N4O10S2. The SMILES string of the molecule is CC(=O)OCC1=C(C(=O)OCOC(=O)C(C)(C)C)N2C(=O)C(N(C(C)=O)n3ccnc3S(C)(=O)=O)C2SC1. The molecule has 1 fully saturated rings. The predicted molar refractivity (Wildman–Crippen MR) is 131 cm³/mol. The molecule has 0 N–H and O–H groups in total. The molecule has 0 radical (unpaired) electrons. The van der Waals surface area contributed by atoms with Crippen molar-refractivity contribution < 1.29 is 46.6 Å². The first-order chi connectivity index (χ1) is 17.6. The van der Waals surface area contributed by atoms with Crippen LogP contribution in [0.3, 0.4) is 0 Å². The molecule has 0 aromatic carbocycles. The van der Waals surface area contributed by atoms with E-state index in [4.69, 9.17) is 14.2 Å². The highest BCUT2D eigenvalue weighted by molar-refractivity contribution is 8.00. The number of aromatic nitrogens is 2. The smallest absolute Gasteiger partial charge is 0.358 e. The summed E-state index contributed by atoms with van der Waals surface area (Å²) in [7, 11) is -3.86. The number of rotatable bonds is 8. The van der Waals surface area contributed by atoms with E-state index in [2.05, 4.69) is 4.98 Å². The van der Waals surface area contributed by atoms with Crippen LogP contribution < -0.4 is 5.01 Å². The molecule has 0 spiro atoms. The molecule has 3 rings (SSSR count). The molecule has 0 saturated carbocycles. The van der Waals surface area contributed by atoms with Crippen LogP contribution in [0.25, 0.3) is 0 Å². The maximum absolute atomic E-state index is 13.4. The Morgan fingerprint density at radius 2 is 1.82 bits per heavy atom. The van der Waals surface area contributed by atoms with Crippen molar-refractivity contribution in [1.29, 1.82) is 0 Å². The number of thioether (sulfide) groups is 1. The number of carbonyl (C=O) groups is 5. The predicted octanol–water partition coefficient (Wildman–Crippen LogP) is -0.0380. The highest BCUT2D eigenvalue weighted by atomic mass is 32.2. The van der Waals surface area contributed by atoms with E-state index >= 15 is 0 Å². The third-order valence-electron chi connectivity index (χ3n) is 5.39. The van der Waals surface area contributed by atoms with E-state index in [1.54, 1.807) is 20.8 Å². The minimum Gasteiger partial charge on any atom is -0.461 e. The molecule has 2 unspecified atom stereocenters. The van der Waals surface area contributed by atoms with Crippen LogP contribution in [0, 0.1) is 5.41 Å². The molecule has 16 heteroatoms. The number of hydrogen-bond acceptors (Lipinski definition) is 12. The van der Waals surface area contributed by atoms with E-state index in [0.717, 1.165) is 27.8 Å². The lowest BCUT2D eigenvalue weighted by Gasteiger charge is -2.52. The number of nitrogens with zero attached hydrogens (tertiary/aromatic N) is 4. The number of amides is 2. The van der Waals surface area contributed by atoms with Crippen molar-refractivity contribution in [2.45, 2.75) is 51.2 Å². The number of imidazole rings is 1. The summed E-state index contributed by atoms with van der Waals surface area (Å²) >= 11 is 1.18. The van der Waals surface area contributed by atoms with Gasteiger partial charge in [-0.2, -0.15) is 0 Å². The number of β-lactam (4-membered cyclic amide) rings is 1.